The zero-order valence-corrected chi connectivity index (χ0v) is 13.5. The number of piperidine rings is 1. The van der Waals surface area contributed by atoms with E-state index in [0.29, 0.717) is 6.04 Å². The summed E-state index contributed by atoms with van der Waals surface area (Å²) in [6.45, 7) is 8.82. The Balaban J connectivity index is 1.42. The zero-order valence-electron chi connectivity index (χ0n) is 13.5. The number of hydrogen-bond donors (Lipinski definition) is 0. The molecular weight excluding hydrogens is 276 g/mol. The molecule has 122 valence electrons. The molecule has 0 saturated carbocycles. The quantitative estimate of drug-likeness (QED) is 0.848. The van der Waals surface area contributed by atoms with E-state index < -0.39 is 0 Å². The molecule has 2 fully saturated rings. The zero-order chi connectivity index (χ0) is 14.8. The van der Waals surface area contributed by atoms with Gasteiger partial charge < -0.3 is 9.30 Å². The third-order valence-electron chi connectivity index (χ3n) is 5.51. The molecule has 1 unspecified atom stereocenters. The first-order valence-electron chi connectivity index (χ1n) is 8.97. The van der Waals surface area contributed by atoms with Crippen molar-refractivity contribution in [1.29, 1.82) is 0 Å². The van der Waals surface area contributed by atoms with Gasteiger partial charge in [-0.1, -0.05) is 6.42 Å². The summed E-state index contributed by atoms with van der Waals surface area (Å²) in [5.41, 5.74) is 1.42. The maximum absolute atomic E-state index is 5.56. The van der Waals surface area contributed by atoms with Gasteiger partial charge in [0.25, 0.3) is 0 Å². The van der Waals surface area contributed by atoms with Crippen LogP contribution in [0.1, 0.15) is 37.2 Å². The average molecular weight is 304 g/mol. The molecule has 22 heavy (non-hydrogen) atoms. The second kappa shape index (κ2) is 6.69. The molecule has 1 atom stereocenters. The summed E-state index contributed by atoms with van der Waals surface area (Å²) >= 11 is 0. The van der Waals surface area contributed by atoms with Crippen molar-refractivity contribution in [2.24, 2.45) is 0 Å². The van der Waals surface area contributed by atoms with Crippen LogP contribution in [0.25, 0.3) is 0 Å². The fourth-order valence-corrected chi connectivity index (χ4v) is 4.16. The van der Waals surface area contributed by atoms with Crippen molar-refractivity contribution in [3.8, 4) is 0 Å². The molecule has 0 spiro atoms. The van der Waals surface area contributed by atoms with Crippen molar-refractivity contribution in [1.82, 2.24) is 19.4 Å². The van der Waals surface area contributed by atoms with Gasteiger partial charge in [-0.05, 0) is 32.4 Å². The minimum Gasteiger partial charge on any atom is -0.380 e. The van der Waals surface area contributed by atoms with E-state index in [0.717, 1.165) is 45.8 Å². The highest BCUT2D eigenvalue weighted by Gasteiger charge is 2.26. The third-order valence-corrected chi connectivity index (χ3v) is 5.51. The monoisotopic (exact) mass is 304 g/mol. The van der Waals surface area contributed by atoms with Crippen LogP contribution in [0.15, 0.2) is 6.20 Å². The Morgan fingerprint density at radius 1 is 1.09 bits per heavy atom. The Bertz CT molecular complexity index is 489. The van der Waals surface area contributed by atoms with E-state index in [-0.39, 0.29) is 0 Å². The number of fused-ring (bicyclic) bond motifs is 1. The van der Waals surface area contributed by atoms with E-state index >= 15 is 0 Å². The van der Waals surface area contributed by atoms with Gasteiger partial charge in [0.15, 0.2) is 0 Å². The summed E-state index contributed by atoms with van der Waals surface area (Å²) in [5, 5.41) is 0. The summed E-state index contributed by atoms with van der Waals surface area (Å²) < 4.78 is 8.05. The average Bonchev–Trinajstić information content (AvgIpc) is 3.16. The minimum atomic E-state index is 0.634. The van der Waals surface area contributed by atoms with Gasteiger partial charge in [0.2, 0.25) is 0 Å². The maximum Gasteiger partial charge on any atom is 0.110 e. The van der Waals surface area contributed by atoms with Crippen molar-refractivity contribution in [3.63, 3.8) is 0 Å². The van der Waals surface area contributed by atoms with Crippen LogP contribution < -0.4 is 0 Å². The number of hydrogen-bond acceptors (Lipinski definition) is 4. The molecule has 1 aromatic rings. The molecule has 2 saturated heterocycles. The molecule has 0 aliphatic carbocycles. The largest absolute Gasteiger partial charge is 0.380 e. The predicted octanol–water partition coefficient (Wildman–Crippen LogP) is 1.52. The Morgan fingerprint density at radius 2 is 2.00 bits per heavy atom. The molecule has 1 aromatic heterocycles. The first-order chi connectivity index (χ1) is 10.9. The molecule has 0 aromatic carbocycles. The minimum absolute atomic E-state index is 0.634. The Kier molecular flexibility index (Phi) is 4.46. The lowest BCUT2D eigenvalue weighted by molar-refractivity contribution is 0.144. The lowest BCUT2D eigenvalue weighted by Crippen LogP contribution is -2.38. The first kappa shape index (κ1) is 14.7. The van der Waals surface area contributed by atoms with Gasteiger partial charge in [-0.3, -0.25) is 9.80 Å². The van der Waals surface area contributed by atoms with E-state index in [1.807, 2.05) is 0 Å². The summed E-state index contributed by atoms with van der Waals surface area (Å²) in [4.78, 5) is 9.94. The first-order valence-corrected chi connectivity index (χ1v) is 8.97. The molecule has 3 aliphatic rings. The van der Waals surface area contributed by atoms with Gasteiger partial charge in [-0.15, -0.1) is 0 Å². The summed E-state index contributed by atoms with van der Waals surface area (Å²) in [7, 11) is 0. The predicted molar refractivity (Wildman–Crippen MR) is 85.9 cm³/mol. The molecule has 5 heteroatoms. The molecular formula is C17H28N4O. The highest BCUT2D eigenvalue weighted by atomic mass is 16.5. The Labute approximate surface area is 133 Å². The molecule has 3 aliphatic heterocycles. The van der Waals surface area contributed by atoms with E-state index in [2.05, 4.69) is 20.6 Å². The number of aromatic nitrogens is 2. The van der Waals surface area contributed by atoms with Crippen molar-refractivity contribution >= 4 is 0 Å². The van der Waals surface area contributed by atoms with Gasteiger partial charge in [0.05, 0.1) is 12.3 Å². The van der Waals surface area contributed by atoms with Crippen LogP contribution in [0, 0.1) is 0 Å². The highest BCUT2D eigenvalue weighted by Crippen LogP contribution is 2.19. The number of imidazole rings is 1. The van der Waals surface area contributed by atoms with Gasteiger partial charge in [0, 0.05) is 51.4 Å². The normalized spacial score (nSPS) is 27.7. The van der Waals surface area contributed by atoms with Crippen LogP contribution in [-0.4, -0.2) is 64.8 Å². The van der Waals surface area contributed by atoms with Crippen LogP contribution in [-0.2, 0) is 24.2 Å². The lowest BCUT2D eigenvalue weighted by Gasteiger charge is -2.27. The third kappa shape index (κ3) is 3.07. The fraction of sp³-hybridized carbons (Fsp3) is 0.824. The molecule has 0 amide bonds. The van der Waals surface area contributed by atoms with Crippen molar-refractivity contribution in [2.75, 3.05) is 39.4 Å². The summed E-state index contributed by atoms with van der Waals surface area (Å²) in [6, 6.07) is 0.634. The molecule has 0 bridgehead atoms. The van der Waals surface area contributed by atoms with Crippen LogP contribution in [0.5, 0.6) is 0 Å². The summed E-state index contributed by atoms with van der Waals surface area (Å²) in [5.74, 6) is 1.29. The Morgan fingerprint density at radius 3 is 2.82 bits per heavy atom. The molecule has 5 nitrogen and oxygen atoms in total. The molecule has 4 rings (SSSR count). The maximum atomic E-state index is 5.56. The van der Waals surface area contributed by atoms with Gasteiger partial charge in [-0.2, -0.15) is 0 Å². The van der Waals surface area contributed by atoms with Crippen LogP contribution in [0.3, 0.4) is 0 Å². The second-order valence-electron chi connectivity index (χ2n) is 6.96. The lowest BCUT2D eigenvalue weighted by atomic mass is 10.1. The number of rotatable bonds is 3. The Hall–Kier alpha value is -0.910. The van der Waals surface area contributed by atoms with Gasteiger partial charge >= 0.3 is 0 Å². The fourth-order valence-electron chi connectivity index (χ4n) is 4.16. The van der Waals surface area contributed by atoms with Crippen LogP contribution in [0.2, 0.25) is 0 Å². The van der Waals surface area contributed by atoms with E-state index in [4.69, 9.17) is 9.72 Å². The smallest absolute Gasteiger partial charge is 0.110 e. The van der Waals surface area contributed by atoms with E-state index in [1.54, 1.807) is 0 Å². The molecule has 4 heterocycles. The molecule has 0 N–H and O–H groups in total. The van der Waals surface area contributed by atoms with Gasteiger partial charge in [0.1, 0.15) is 5.82 Å². The highest BCUT2D eigenvalue weighted by molar-refractivity contribution is 5.08. The van der Waals surface area contributed by atoms with Crippen LogP contribution >= 0.6 is 0 Å². The van der Waals surface area contributed by atoms with E-state index in [1.165, 1.54) is 50.3 Å². The number of nitrogens with zero attached hydrogens (tertiary/aromatic N) is 4. The van der Waals surface area contributed by atoms with Gasteiger partial charge in [-0.25, -0.2) is 4.98 Å². The SMILES string of the molecule is c1nc2n(c1CN1CCCCC1)CCN(C1CCOC1)CC2. The topological polar surface area (TPSA) is 33.5 Å². The number of ether oxygens (including phenoxy) is 1. The number of likely N-dealkylation sites (tertiary alicyclic amines) is 1. The van der Waals surface area contributed by atoms with Crippen molar-refractivity contribution < 1.29 is 4.74 Å². The summed E-state index contributed by atoms with van der Waals surface area (Å²) in [6.07, 6.45) is 8.52. The van der Waals surface area contributed by atoms with Crippen molar-refractivity contribution in [2.45, 2.75) is 51.2 Å². The standard InChI is InChI=1S/C17H28N4O/c1-2-6-19(7-3-1)13-16-12-18-17-4-8-20(9-10-21(16)17)15-5-11-22-14-15/h12,15H,1-11,13-14H2. The van der Waals surface area contributed by atoms with Crippen LogP contribution in [0.4, 0.5) is 0 Å². The second-order valence-corrected chi connectivity index (χ2v) is 6.96. The van der Waals surface area contributed by atoms with Crippen molar-refractivity contribution in [3.05, 3.63) is 17.7 Å². The van der Waals surface area contributed by atoms with E-state index in [9.17, 15) is 0 Å². The molecule has 0 radical (unpaired) electrons.